The maximum atomic E-state index is 4.35. The van der Waals surface area contributed by atoms with Gasteiger partial charge in [0.1, 0.15) is 0 Å². The molecule has 3 rings (SSSR count). The van der Waals surface area contributed by atoms with E-state index in [4.69, 9.17) is 0 Å². The summed E-state index contributed by atoms with van der Waals surface area (Å²) in [5.41, 5.74) is 7.03. The summed E-state index contributed by atoms with van der Waals surface area (Å²) in [5.74, 6) is 0. The van der Waals surface area contributed by atoms with Crippen LogP contribution < -0.4 is 4.90 Å². The zero-order valence-corrected chi connectivity index (χ0v) is 15.6. The molecule has 2 nitrogen and oxygen atoms in total. The number of aliphatic imine (C=N–C) groups is 1. The van der Waals surface area contributed by atoms with Crippen molar-refractivity contribution in [3.63, 3.8) is 0 Å². The van der Waals surface area contributed by atoms with E-state index in [1.54, 1.807) is 0 Å². The molecular weight excluding hydrogens is 316 g/mol. The van der Waals surface area contributed by atoms with Gasteiger partial charge in [-0.2, -0.15) is 0 Å². The van der Waals surface area contributed by atoms with E-state index in [9.17, 15) is 0 Å². The number of hydrogen-bond acceptors (Lipinski definition) is 2. The molecule has 0 radical (unpaired) electrons. The molecule has 0 aromatic heterocycles. The van der Waals surface area contributed by atoms with Gasteiger partial charge in [0.05, 0.1) is 5.71 Å². The van der Waals surface area contributed by atoms with E-state index in [0.717, 1.165) is 11.4 Å². The lowest BCUT2D eigenvalue weighted by Crippen LogP contribution is -2.18. The van der Waals surface area contributed by atoms with Crippen LogP contribution in [0.5, 0.6) is 0 Å². The summed E-state index contributed by atoms with van der Waals surface area (Å²) in [6, 6.07) is 16.7. The van der Waals surface area contributed by atoms with Crippen molar-refractivity contribution < 1.29 is 0 Å². The highest BCUT2D eigenvalue weighted by Crippen LogP contribution is 2.28. The predicted octanol–water partition coefficient (Wildman–Crippen LogP) is 5.68. The average Bonchev–Trinajstić information content (AvgIpc) is 2.67. The predicted molar refractivity (Wildman–Crippen MR) is 115 cm³/mol. The van der Waals surface area contributed by atoms with E-state index in [1.807, 2.05) is 19.2 Å². The second-order valence-electron chi connectivity index (χ2n) is 6.24. The fourth-order valence-corrected chi connectivity index (χ4v) is 2.93. The molecule has 1 aliphatic rings. The Morgan fingerprint density at radius 2 is 1.73 bits per heavy atom. The molecule has 0 unspecified atom stereocenters. The van der Waals surface area contributed by atoms with Crippen molar-refractivity contribution in [2.24, 2.45) is 4.99 Å². The van der Waals surface area contributed by atoms with E-state index in [-0.39, 0.29) is 0 Å². The fraction of sp³-hybridized carbons (Fsp3) is 0.125. The van der Waals surface area contributed by atoms with Crippen LogP contribution in [0, 0.1) is 6.92 Å². The summed E-state index contributed by atoms with van der Waals surface area (Å²) in [6.07, 6.45) is 14.6. The number of allylic oxidation sites excluding steroid dienone is 5. The number of rotatable bonds is 4. The van der Waals surface area contributed by atoms with Crippen LogP contribution in [0.25, 0.3) is 12.2 Å². The molecule has 0 saturated carbocycles. The van der Waals surface area contributed by atoms with Gasteiger partial charge < -0.3 is 4.90 Å². The summed E-state index contributed by atoms with van der Waals surface area (Å²) < 4.78 is 0. The normalized spacial score (nSPS) is 16.0. The van der Waals surface area contributed by atoms with Crippen LogP contribution >= 0.6 is 0 Å². The Morgan fingerprint density at radius 3 is 2.54 bits per heavy atom. The number of anilines is 1. The SMILES string of the molecule is C/N=C(\C=C/C=C1/C=Cc2ccccc2N1C)/C=C\c1ccccc1C. The summed E-state index contributed by atoms with van der Waals surface area (Å²) >= 11 is 0. The van der Waals surface area contributed by atoms with Gasteiger partial charge in [-0.3, -0.25) is 4.99 Å². The van der Waals surface area contributed by atoms with Crippen LogP contribution in [0.3, 0.4) is 0 Å². The van der Waals surface area contributed by atoms with E-state index >= 15 is 0 Å². The third-order valence-electron chi connectivity index (χ3n) is 4.53. The van der Waals surface area contributed by atoms with Gasteiger partial charge in [-0.15, -0.1) is 0 Å². The standard InChI is InChI=1S/C24H24N2/c1-19-9-4-5-10-20(19)15-17-22(25-2)12-8-13-23-18-16-21-11-6-7-14-24(21)26(23)3/h4-18H,1-3H3/b12-8-,17-15-,23-13-,25-22+. The Hall–Kier alpha value is -3.13. The van der Waals surface area contributed by atoms with Gasteiger partial charge in [-0.05, 0) is 54.0 Å². The van der Waals surface area contributed by atoms with Gasteiger partial charge in [0.25, 0.3) is 0 Å². The second-order valence-corrected chi connectivity index (χ2v) is 6.24. The molecule has 0 fully saturated rings. The monoisotopic (exact) mass is 340 g/mol. The molecule has 2 aromatic carbocycles. The fourth-order valence-electron chi connectivity index (χ4n) is 2.93. The minimum absolute atomic E-state index is 0.938. The number of likely N-dealkylation sites (N-methyl/N-ethyl adjacent to an activating group) is 1. The molecule has 1 heterocycles. The lowest BCUT2D eigenvalue weighted by atomic mass is 10.1. The van der Waals surface area contributed by atoms with Gasteiger partial charge in [0, 0.05) is 25.5 Å². The minimum atomic E-state index is 0.938. The summed E-state index contributed by atoms with van der Waals surface area (Å²) in [5, 5.41) is 0. The Morgan fingerprint density at radius 1 is 0.962 bits per heavy atom. The molecule has 0 bridgehead atoms. The molecule has 2 aromatic rings. The molecule has 0 aliphatic carbocycles. The van der Waals surface area contributed by atoms with Crippen molar-refractivity contribution >= 4 is 23.6 Å². The Bertz CT molecular complexity index is 927. The molecule has 1 aliphatic heterocycles. The molecular formula is C24H24N2. The van der Waals surface area contributed by atoms with Gasteiger partial charge in [0.2, 0.25) is 0 Å². The van der Waals surface area contributed by atoms with E-state index in [0.29, 0.717) is 0 Å². The first kappa shape index (κ1) is 17.7. The van der Waals surface area contributed by atoms with Crippen LogP contribution in [0.4, 0.5) is 5.69 Å². The number of fused-ring (bicyclic) bond motifs is 1. The number of benzene rings is 2. The van der Waals surface area contributed by atoms with Crippen LogP contribution in [-0.4, -0.2) is 19.8 Å². The average molecular weight is 340 g/mol. The molecule has 130 valence electrons. The van der Waals surface area contributed by atoms with Gasteiger partial charge in [-0.1, -0.05) is 60.7 Å². The minimum Gasteiger partial charge on any atom is -0.344 e. The quantitative estimate of drug-likeness (QED) is 0.654. The second kappa shape index (κ2) is 8.30. The summed E-state index contributed by atoms with van der Waals surface area (Å²) in [6.45, 7) is 2.12. The van der Waals surface area contributed by atoms with Crippen molar-refractivity contribution in [1.82, 2.24) is 0 Å². The van der Waals surface area contributed by atoms with Gasteiger partial charge >= 0.3 is 0 Å². The highest BCUT2D eigenvalue weighted by atomic mass is 15.1. The Labute approximate surface area is 156 Å². The molecule has 0 spiro atoms. The van der Waals surface area contributed by atoms with Gasteiger partial charge in [0.15, 0.2) is 0 Å². The van der Waals surface area contributed by atoms with E-state index in [2.05, 4.69) is 103 Å². The van der Waals surface area contributed by atoms with Crippen molar-refractivity contribution in [2.75, 3.05) is 19.0 Å². The van der Waals surface area contributed by atoms with Crippen LogP contribution in [0.2, 0.25) is 0 Å². The topological polar surface area (TPSA) is 15.6 Å². The number of para-hydroxylation sites is 1. The summed E-state index contributed by atoms with van der Waals surface area (Å²) in [7, 11) is 3.91. The molecule has 0 N–H and O–H groups in total. The smallest absolute Gasteiger partial charge is 0.0571 e. The third-order valence-corrected chi connectivity index (χ3v) is 4.53. The first-order valence-electron chi connectivity index (χ1n) is 8.79. The Kier molecular flexibility index (Phi) is 5.65. The summed E-state index contributed by atoms with van der Waals surface area (Å²) in [4.78, 5) is 6.55. The highest BCUT2D eigenvalue weighted by Gasteiger charge is 2.11. The highest BCUT2D eigenvalue weighted by molar-refractivity contribution is 6.06. The molecule has 0 amide bonds. The molecule has 0 atom stereocenters. The lowest BCUT2D eigenvalue weighted by molar-refractivity contribution is 1.12. The number of nitrogens with zero attached hydrogens (tertiary/aromatic N) is 2. The first-order chi connectivity index (χ1) is 12.7. The first-order valence-corrected chi connectivity index (χ1v) is 8.79. The van der Waals surface area contributed by atoms with Crippen molar-refractivity contribution in [3.8, 4) is 0 Å². The van der Waals surface area contributed by atoms with Gasteiger partial charge in [-0.25, -0.2) is 0 Å². The maximum absolute atomic E-state index is 4.35. The Balaban J connectivity index is 1.73. The molecule has 2 heteroatoms. The zero-order valence-electron chi connectivity index (χ0n) is 15.6. The largest absolute Gasteiger partial charge is 0.344 e. The van der Waals surface area contributed by atoms with Crippen LogP contribution in [0.15, 0.2) is 89.6 Å². The van der Waals surface area contributed by atoms with Crippen molar-refractivity contribution in [1.29, 1.82) is 0 Å². The lowest BCUT2D eigenvalue weighted by Gasteiger charge is -2.26. The van der Waals surface area contributed by atoms with Crippen LogP contribution in [0.1, 0.15) is 16.7 Å². The third kappa shape index (κ3) is 4.09. The maximum Gasteiger partial charge on any atom is 0.0571 e. The molecule has 0 saturated heterocycles. The van der Waals surface area contributed by atoms with Crippen LogP contribution in [-0.2, 0) is 0 Å². The zero-order chi connectivity index (χ0) is 18.4. The van der Waals surface area contributed by atoms with Crippen molar-refractivity contribution in [2.45, 2.75) is 6.92 Å². The molecule has 26 heavy (non-hydrogen) atoms. The van der Waals surface area contributed by atoms with Crippen molar-refractivity contribution in [3.05, 3.63) is 101 Å². The number of aryl methyl sites for hydroxylation is 1. The van der Waals surface area contributed by atoms with E-state index < -0.39 is 0 Å². The number of hydrogen-bond donors (Lipinski definition) is 0. The van der Waals surface area contributed by atoms with E-state index in [1.165, 1.54) is 22.4 Å².